The Morgan fingerprint density at radius 3 is 2.25 bits per heavy atom. The summed E-state index contributed by atoms with van der Waals surface area (Å²) in [6.45, 7) is 4.93. The summed E-state index contributed by atoms with van der Waals surface area (Å²) in [5.74, 6) is -1.28. The molecule has 0 radical (unpaired) electrons. The molecular weight excluding hydrogens is 229 g/mol. The van der Waals surface area contributed by atoms with Crippen LogP contribution in [0.25, 0.3) is 0 Å². The second-order valence-electron chi connectivity index (χ2n) is 3.83. The lowest BCUT2D eigenvalue weighted by Gasteiger charge is -2.26. The van der Waals surface area contributed by atoms with Crippen molar-refractivity contribution >= 4 is 13.9 Å². The molecule has 0 amide bonds. The number of unbranched alkanes of at least 4 members (excludes halogenated alkanes) is 3. The van der Waals surface area contributed by atoms with Gasteiger partial charge in [0.2, 0.25) is 0 Å². The van der Waals surface area contributed by atoms with Gasteiger partial charge < -0.3 is 14.6 Å². The van der Waals surface area contributed by atoms with Crippen molar-refractivity contribution in [3.05, 3.63) is 0 Å². The summed E-state index contributed by atoms with van der Waals surface area (Å²) in [5, 5.41) is 0. The topological polar surface area (TPSA) is 77.8 Å². The third kappa shape index (κ3) is 5.75. The van der Waals surface area contributed by atoms with Crippen LogP contribution in [0, 0.1) is 0 Å². The number of rotatable bonds is 9. The zero-order valence-corrected chi connectivity index (χ0v) is 10.9. The Balaban J connectivity index is 4.24. The van der Waals surface area contributed by atoms with E-state index in [0.717, 1.165) is 25.7 Å². The second-order valence-corrected chi connectivity index (χ2v) is 5.54. The molecule has 0 bridgehead atoms. The van der Waals surface area contributed by atoms with E-state index in [1.165, 1.54) is 0 Å². The third-order valence-electron chi connectivity index (χ3n) is 2.55. The molecule has 16 heavy (non-hydrogen) atoms. The summed E-state index contributed by atoms with van der Waals surface area (Å²) in [7, 11) is -4.35. The molecule has 0 aliphatic heterocycles. The van der Waals surface area contributed by atoms with E-state index >= 15 is 0 Å². The summed E-state index contributed by atoms with van der Waals surface area (Å²) in [5.41, 5.74) is 0. The third-order valence-corrected chi connectivity index (χ3v) is 3.68. The van der Waals surface area contributed by atoms with E-state index in [1.807, 2.05) is 0 Å². The van der Waals surface area contributed by atoms with Gasteiger partial charge in [-0.2, -0.15) is 0 Å². The summed E-state index contributed by atoms with van der Waals surface area (Å²) < 4.78 is 11.1. The average molecular weight is 251 g/mol. The maximum Gasteiger partial charge on any atom is 0.349 e. The lowest BCUT2D eigenvalue weighted by atomic mass is 10.2. The largest absolute Gasteiger partial charge is 0.349 e. The van der Waals surface area contributed by atoms with Crippen molar-refractivity contribution < 1.29 is 19.1 Å². The highest BCUT2D eigenvalue weighted by atomic mass is 31.2. The predicted molar refractivity (Wildman–Crippen MR) is 63.3 cm³/mol. The van der Waals surface area contributed by atoms with Crippen LogP contribution >= 0.6 is 7.60 Å². The molecule has 0 aromatic carbocycles. The lowest BCUT2D eigenvalue weighted by Crippen LogP contribution is -2.37. The molecule has 1 unspecified atom stereocenters. The van der Waals surface area contributed by atoms with Crippen molar-refractivity contribution in [2.45, 2.75) is 45.3 Å². The minimum absolute atomic E-state index is 0.351. The van der Waals surface area contributed by atoms with Crippen molar-refractivity contribution in [1.82, 2.24) is 4.90 Å². The van der Waals surface area contributed by atoms with Crippen molar-refractivity contribution in [2.24, 2.45) is 0 Å². The maximum absolute atomic E-state index is 11.1. The monoisotopic (exact) mass is 251 g/mol. The Bertz CT molecular complexity index is 241. The molecule has 0 rings (SSSR count). The zero-order valence-electron chi connectivity index (χ0n) is 10.0. The van der Waals surface area contributed by atoms with Gasteiger partial charge in [-0.1, -0.05) is 33.1 Å². The first-order valence-electron chi connectivity index (χ1n) is 5.71. The Morgan fingerprint density at radius 1 is 1.25 bits per heavy atom. The Kier molecular flexibility index (Phi) is 7.85. The fraction of sp³-hybridized carbons (Fsp3) is 0.900. The van der Waals surface area contributed by atoms with Gasteiger partial charge in [-0.3, -0.25) is 9.46 Å². The van der Waals surface area contributed by atoms with Gasteiger partial charge in [-0.25, -0.2) is 0 Å². The van der Waals surface area contributed by atoms with Crippen LogP contribution in [0.4, 0.5) is 0 Å². The Hall–Kier alpha value is -0.220. The van der Waals surface area contributed by atoms with E-state index in [9.17, 15) is 9.36 Å². The van der Waals surface area contributed by atoms with Crippen LogP contribution in [0.3, 0.4) is 0 Å². The molecule has 0 aromatic heterocycles. The molecule has 6 heteroatoms. The minimum atomic E-state index is -4.35. The van der Waals surface area contributed by atoms with Gasteiger partial charge >= 0.3 is 7.60 Å². The molecule has 0 fully saturated rings. The van der Waals surface area contributed by atoms with Gasteiger partial charge in [-0.05, 0) is 19.5 Å². The highest BCUT2D eigenvalue weighted by molar-refractivity contribution is 7.53. The van der Waals surface area contributed by atoms with Crippen LogP contribution in [0.1, 0.15) is 39.5 Å². The number of aldehydes is 1. The number of hydrogen-bond donors (Lipinski definition) is 2. The van der Waals surface area contributed by atoms with Crippen LogP contribution < -0.4 is 0 Å². The van der Waals surface area contributed by atoms with Gasteiger partial charge in [-0.15, -0.1) is 0 Å². The van der Waals surface area contributed by atoms with E-state index in [2.05, 4.69) is 6.92 Å². The predicted octanol–water partition coefficient (Wildman–Crippen LogP) is 1.59. The van der Waals surface area contributed by atoms with Gasteiger partial charge in [0.05, 0.1) is 0 Å². The summed E-state index contributed by atoms with van der Waals surface area (Å²) in [6, 6.07) is 0. The molecule has 0 aromatic rings. The molecule has 5 nitrogen and oxygen atoms in total. The molecule has 0 heterocycles. The number of carbonyl (C=O) groups is 1. The van der Waals surface area contributed by atoms with Crippen LogP contribution in [0.15, 0.2) is 0 Å². The molecule has 96 valence electrons. The van der Waals surface area contributed by atoms with E-state index in [-0.39, 0.29) is 0 Å². The smallest absolute Gasteiger partial charge is 0.323 e. The molecule has 0 saturated carbocycles. The molecule has 0 aliphatic carbocycles. The van der Waals surface area contributed by atoms with E-state index in [0.29, 0.717) is 19.4 Å². The standard InChI is InChI=1S/C10H22NO4P/c1-3-5-6-7-8-11(4-2)10(9-12)16(13,14)15/h9-10H,3-8H2,1-2H3,(H2,13,14,15). The van der Waals surface area contributed by atoms with Gasteiger partial charge in [0.15, 0.2) is 5.78 Å². The number of carbonyl (C=O) groups excluding carboxylic acids is 1. The fourth-order valence-corrected chi connectivity index (χ4v) is 2.46. The van der Waals surface area contributed by atoms with Gasteiger partial charge in [0.25, 0.3) is 0 Å². The zero-order chi connectivity index (χ0) is 12.6. The highest BCUT2D eigenvalue weighted by Gasteiger charge is 2.32. The number of likely N-dealkylation sites (N-methyl/N-ethyl adjacent to an activating group) is 1. The second kappa shape index (κ2) is 7.96. The number of hydrogen-bond acceptors (Lipinski definition) is 3. The first-order chi connectivity index (χ1) is 7.47. The Labute approximate surface area is 97.0 Å². The highest BCUT2D eigenvalue weighted by Crippen LogP contribution is 2.41. The summed E-state index contributed by atoms with van der Waals surface area (Å²) in [4.78, 5) is 30.3. The van der Waals surface area contributed by atoms with Crippen LogP contribution in [0.5, 0.6) is 0 Å². The van der Waals surface area contributed by atoms with Crippen LogP contribution in [0.2, 0.25) is 0 Å². The minimum Gasteiger partial charge on any atom is -0.323 e. The lowest BCUT2D eigenvalue weighted by molar-refractivity contribution is -0.110. The molecule has 1 atom stereocenters. The summed E-state index contributed by atoms with van der Waals surface area (Å²) in [6.07, 6.45) is 4.47. The first-order valence-corrected chi connectivity index (χ1v) is 7.40. The van der Waals surface area contributed by atoms with Gasteiger partial charge in [0, 0.05) is 0 Å². The van der Waals surface area contributed by atoms with Crippen LogP contribution in [-0.2, 0) is 9.36 Å². The van der Waals surface area contributed by atoms with Crippen molar-refractivity contribution in [1.29, 1.82) is 0 Å². The molecule has 0 saturated heterocycles. The molecule has 0 spiro atoms. The van der Waals surface area contributed by atoms with Gasteiger partial charge in [0.1, 0.15) is 6.29 Å². The summed E-state index contributed by atoms with van der Waals surface area (Å²) >= 11 is 0. The molecule has 0 aliphatic rings. The maximum atomic E-state index is 11.1. The van der Waals surface area contributed by atoms with Crippen molar-refractivity contribution in [3.63, 3.8) is 0 Å². The normalized spacial score (nSPS) is 14.1. The van der Waals surface area contributed by atoms with E-state index in [4.69, 9.17) is 9.79 Å². The quantitative estimate of drug-likeness (QED) is 0.369. The Morgan fingerprint density at radius 2 is 1.88 bits per heavy atom. The average Bonchev–Trinajstić information content (AvgIpc) is 2.20. The van der Waals surface area contributed by atoms with E-state index < -0.39 is 13.4 Å². The fourth-order valence-electron chi connectivity index (χ4n) is 1.60. The van der Waals surface area contributed by atoms with Crippen molar-refractivity contribution in [2.75, 3.05) is 13.1 Å². The van der Waals surface area contributed by atoms with Crippen LogP contribution in [-0.4, -0.2) is 39.8 Å². The van der Waals surface area contributed by atoms with E-state index in [1.54, 1.807) is 11.8 Å². The molecule has 2 N–H and O–H groups in total. The molecular formula is C10H22NO4P. The SMILES string of the molecule is CCCCCCN(CC)C(C=O)P(=O)(O)O. The number of nitrogens with zero attached hydrogens (tertiary/aromatic N) is 1. The first kappa shape index (κ1) is 15.8. The van der Waals surface area contributed by atoms with Crippen molar-refractivity contribution in [3.8, 4) is 0 Å².